The molecule has 0 saturated heterocycles. The monoisotopic (exact) mass is 303 g/mol. The molecule has 20 heavy (non-hydrogen) atoms. The van der Waals surface area contributed by atoms with E-state index in [4.69, 9.17) is 0 Å². The summed E-state index contributed by atoms with van der Waals surface area (Å²) in [5.41, 5.74) is 0.204. The van der Waals surface area contributed by atoms with Crippen molar-refractivity contribution < 1.29 is 8.42 Å². The van der Waals surface area contributed by atoms with Crippen LogP contribution in [0.25, 0.3) is 0 Å². The van der Waals surface area contributed by atoms with Gasteiger partial charge < -0.3 is 5.32 Å². The Morgan fingerprint density at radius 2 is 1.80 bits per heavy atom. The van der Waals surface area contributed by atoms with E-state index in [2.05, 4.69) is 39.9 Å². The first-order chi connectivity index (χ1) is 9.22. The highest BCUT2D eigenvalue weighted by molar-refractivity contribution is 7.92. The van der Waals surface area contributed by atoms with Gasteiger partial charge in [0.2, 0.25) is 0 Å². The normalized spacial score (nSPS) is 28.6. The summed E-state index contributed by atoms with van der Waals surface area (Å²) in [4.78, 5) is 0. The maximum Gasteiger partial charge on any atom is 0.154 e. The second-order valence-corrected chi connectivity index (χ2v) is 9.64. The molecule has 3 nitrogen and oxygen atoms in total. The Kier molecular flexibility index (Phi) is 6.52. The van der Waals surface area contributed by atoms with Gasteiger partial charge in [-0.1, -0.05) is 41.0 Å². The van der Waals surface area contributed by atoms with Crippen molar-refractivity contribution in [2.75, 3.05) is 12.3 Å². The predicted octanol–water partition coefficient (Wildman–Crippen LogP) is 3.39. The van der Waals surface area contributed by atoms with Gasteiger partial charge in [0.05, 0.1) is 11.0 Å². The topological polar surface area (TPSA) is 46.2 Å². The largest absolute Gasteiger partial charge is 0.313 e. The third-order valence-electron chi connectivity index (χ3n) is 4.73. The summed E-state index contributed by atoms with van der Waals surface area (Å²) in [5.74, 6) is 0.867. The van der Waals surface area contributed by atoms with E-state index in [0.717, 1.165) is 38.6 Å². The van der Waals surface area contributed by atoms with E-state index < -0.39 is 9.84 Å². The van der Waals surface area contributed by atoms with Crippen molar-refractivity contribution in [3.63, 3.8) is 0 Å². The van der Waals surface area contributed by atoms with Crippen molar-refractivity contribution in [1.29, 1.82) is 0 Å². The van der Waals surface area contributed by atoms with Crippen LogP contribution in [0.5, 0.6) is 0 Å². The average Bonchev–Trinajstić information content (AvgIpc) is 2.36. The van der Waals surface area contributed by atoms with Crippen LogP contribution in [0.4, 0.5) is 0 Å². The summed E-state index contributed by atoms with van der Waals surface area (Å²) in [7, 11) is -2.97. The number of hydrogen-bond donors (Lipinski definition) is 1. The van der Waals surface area contributed by atoms with Crippen LogP contribution in [0.3, 0.4) is 0 Å². The van der Waals surface area contributed by atoms with Gasteiger partial charge in [0.15, 0.2) is 9.84 Å². The lowest BCUT2D eigenvalue weighted by Crippen LogP contribution is -2.50. The van der Waals surface area contributed by atoms with E-state index in [1.165, 1.54) is 0 Å². The van der Waals surface area contributed by atoms with Crippen LogP contribution in [0, 0.1) is 11.3 Å². The second kappa shape index (κ2) is 7.26. The van der Waals surface area contributed by atoms with Crippen molar-refractivity contribution in [3.8, 4) is 0 Å². The van der Waals surface area contributed by atoms with Gasteiger partial charge >= 0.3 is 0 Å². The van der Waals surface area contributed by atoms with Crippen molar-refractivity contribution in [3.05, 3.63) is 0 Å². The quantitative estimate of drug-likeness (QED) is 0.818. The number of nitrogens with one attached hydrogen (secondary N) is 1. The van der Waals surface area contributed by atoms with Gasteiger partial charge in [-0.2, -0.15) is 0 Å². The molecule has 0 aromatic heterocycles. The molecule has 1 N–H and O–H groups in total. The predicted molar refractivity (Wildman–Crippen MR) is 86.7 cm³/mol. The molecule has 0 aliphatic heterocycles. The first-order valence-electron chi connectivity index (χ1n) is 8.17. The van der Waals surface area contributed by atoms with E-state index in [9.17, 15) is 8.42 Å². The molecule has 1 rings (SSSR count). The summed E-state index contributed by atoms with van der Waals surface area (Å²) < 4.78 is 25.3. The molecule has 1 fully saturated rings. The molecule has 1 aliphatic carbocycles. The number of rotatable bonds is 6. The maximum absolute atomic E-state index is 12.7. The molecule has 0 heterocycles. The van der Waals surface area contributed by atoms with E-state index in [1.807, 2.05) is 0 Å². The lowest BCUT2D eigenvalue weighted by atomic mass is 9.71. The molecule has 120 valence electrons. The molecule has 0 bridgehead atoms. The number of sulfone groups is 1. The van der Waals surface area contributed by atoms with Gasteiger partial charge in [0, 0.05) is 6.04 Å². The minimum Gasteiger partial charge on any atom is -0.313 e. The van der Waals surface area contributed by atoms with E-state index in [1.54, 1.807) is 0 Å². The molecule has 1 aliphatic rings. The molecule has 0 spiro atoms. The van der Waals surface area contributed by atoms with Gasteiger partial charge in [0.25, 0.3) is 0 Å². The van der Waals surface area contributed by atoms with Gasteiger partial charge in [-0.05, 0) is 43.6 Å². The van der Waals surface area contributed by atoms with Crippen LogP contribution < -0.4 is 5.32 Å². The zero-order valence-corrected chi connectivity index (χ0v) is 14.7. The fraction of sp³-hybridized carbons (Fsp3) is 1.00. The average molecular weight is 304 g/mol. The fourth-order valence-electron chi connectivity index (χ4n) is 3.31. The van der Waals surface area contributed by atoms with Crippen LogP contribution in [-0.4, -0.2) is 32.0 Å². The van der Waals surface area contributed by atoms with E-state index >= 15 is 0 Å². The summed E-state index contributed by atoms with van der Waals surface area (Å²) >= 11 is 0. The Bertz CT molecular complexity index is 384. The van der Waals surface area contributed by atoms with Gasteiger partial charge in [-0.15, -0.1) is 0 Å². The highest BCUT2D eigenvalue weighted by Crippen LogP contribution is 2.40. The summed E-state index contributed by atoms with van der Waals surface area (Å²) in [5, 5.41) is 3.22. The van der Waals surface area contributed by atoms with Crippen LogP contribution >= 0.6 is 0 Å². The molecule has 0 aromatic rings. The molecule has 3 atom stereocenters. The minimum atomic E-state index is -2.97. The third kappa shape index (κ3) is 4.73. The number of hydrogen-bond acceptors (Lipinski definition) is 3. The summed E-state index contributed by atoms with van der Waals surface area (Å²) in [6, 6.07) is 0.153. The first-order valence-corrected chi connectivity index (χ1v) is 9.88. The Balaban J connectivity index is 2.88. The van der Waals surface area contributed by atoms with Gasteiger partial charge in [-0.3, -0.25) is 0 Å². The van der Waals surface area contributed by atoms with Crippen molar-refractivity contribution >= 4 is 9.84 Å². The van der Waals surface area contributed by atoms with E-state index in [0.29, 0.717) is 11.7 Å². The molecule has 0 amide bonds. The highest BCUT2D eigenvalue weighted by atomic mass is 32.2. The maximum atomic E-state index is 12.7. The zero-order chi connectivity index (χ0) is 15.4. The summed E-state index contributed by atoms with van der Waals surface area (Å²) in [6.07, 6.45) is 4.69. The SMILES string of the molecule is CCCCS(=O)(=O)C1CC(C(C)(C)C)CCC1NCC. The molecule has 0 aromatic carbocycles. The molecule has 1 saturated carbocycles. The second-order valence-electron chi connectivity index (χ2n) is 7.30. The van der Waals surface area contributed by atoms with Crippen molar-refractivity contribution in [2.24, 2.45) is 11.3 Å². The Hall–Kier alpha value is -0.0900. The molecule has 4 heteroatoms. The molecular weight excluding hydrogens is 270 g/mol. The Morgan fingerprint density at radius 3 is 2.30 bits per heavy atom. The van der Waals surface area contributed by atoms with Gasteiger partial charge in [-0.25, -0.2) is 8.42 Å². The third-order valence-corrected chi connectivity index (χ3v) is 7.03. The first kappa shape index (κ1) is 18.0. The lowest BCUT2D eigenvalue weighted by Gasteiger charge is -2.41. The van der Waals surface area contributed by atoms with Crippen LogP contribution in [-0.2, 0) is 9.84 Å². The Morgan fingerprint density at radius 1 is 1.15 bits per heavy atom. The summed E-state index contributed by atoms with van der Waals surface area (Å²) in [6.45, 7) is 11.7. The number of unbranched alkanes of at least 4 members (excludes halogenated alkanes) is 1. The fourth-order valence-corrected chi connectivity index (χ4v) is 5.56. The van der Waals surface area contributed by atoms with E-state index in [-0.39, 0.29) is 16.7 Å². The standard InChI is InChI=1S/C16H33NO2S/c1-6-8-11-20(18,19)15-12-13(16(3,4)5)9-10-14(15)17-7-2/h13-15,17H,6-12H2,1-5H3. The van der Waals surface area contributed by atoms with Crippen LogP contribution in [0.1, 0.15) is 66.7 Å². The minimum absolute atomic E-state index is 0.153. The lowest BCUT2D eigenvalue weighted by molar-refractivity contribution is 0.163. The molecule has 3 unspecified atom stereocenters. The van der Waals surface area contributed by atoms with Crippen LogP contribution in [0.15, 0.2) is 0 Å². The molecule has 0 radical (unpaired) electrons. The van der Waals surface area contributed by atoms with Gasteiger partial charge in [0.1, 0.15) is 0 Å². The Labute approximate surface area is 125 Å². The van der Waals surface area contributed by atoms with Crippen molar-refractivity contribution in [2.45, 2.75) is 78.0 Å². The smallest absolute Gasteiger partial charge is 0.154 e. The highest BCUT2D eigenvalue weighted by Gasteiger charge is 2.41. The van der Waals surface area contributed by atoms with Crippen molar-refractivity contribution in [1.82, 2.24) is 5.32 Å². The van der Waals surface area contributed by atoms with Crippen LogP contribution in [0.2, 0.25) is 0 Å². The molecular formula is C16H33NO2S. The zero-order valence-electron chi connectivity index (χ0n) is 13.9.